The largest absolute Gasteiger partial charge is 0.472 e. The molecule has 3 N–H and O–H groups in total. The number of aliphatic hydroxyl groups is 1. The van der Waals surface area contributed by atoms with Crippen molar-refractivity contribution in [1.82, 2.24) is 5.32 Å². The fourth-order valence-corrected chi connectivity index (χ4v) is 10.1. The second-order valence-corrected chi connectivity index (χ2v) is 24.6. The molecule has 0 aromatic heterocycles. The first-order valence-corrected chi connectivity index (χ1v) is 34.0. The molecular formula is C68H126N2O6P+. The Balaban J connectivity index is 4.19. The van der Waals surface area contributed by atoms with Crippen molar-refractivity contribution in [2.45, 2.75) is 302 Å². The van der Waals surface area contributed by atoms with Crippen LogP contribution in [-0.4, -0.2) is 73.4 Å². The van der Waals surface area contributed by atoms with Crippen LogP contribution >= 0.6 is 7.82 Å². The fraction of sp³-hybridized carbons (Fsp3) is 0.779. The van der Waals surface area contributed by atoms with Gasteiger partial charge in [0.05, 0.1) is 39.9 Å². The standard InChI is InChI=1S/C68H125N2O6P/c1-6-8-10-12-14-16-18-20-22-24-26-28-30-32-33-34-35-36-38-39-41-43-45-47-49-51-53-55-57-59-61-67(71)66(65-76-77(73,74)75-64-63-70(3,4)5)69-68(72)62-60-58-56-54-52-50-48-46-44-42-40-37-31-29-27-25-23-21-19-17-15-13-11-9-7-2/h9,11,15,17,21,23,27,29,37,40,51,53,59,61,66-67,71H,6-8,10,12-14,16,18-20,22,24-26,28,30-36,38-39,41-50,52,54-58,60,62-65H2,1-5H3,(H-,69,72,73,74)/p+1/b11-9-,17-15-,23-21-,29-27-,40-37-,53-51+,61-59+. The number of phosphoric ester groups is 1. The van der Waals surface area contributed by atoms with E-state index in [4.69, 9.17) is 9.05 Å². The number of allylic oxidation sites excluding steroid dienone is 13. The second-order valence-electron chi connectivity index (χ2n) is 23.1. The van der Waals surface area contributed by atoms with Gasteiger partial charge in [-0.05, 0) is 77.0 Å². The number of carbonyl (C=O) groups excluding carboxylic acids is 1. The summed E-state index contributed by atoms with van der Waals surface area (Å²) in [4.78, 5) is 23.4. The first kappa shape index (κ1) is 74.7. The van der Waals surface area contributed by atoms with Gasteiger partial charge < -0.3 is 19.8 Å². The predicted octanol–water partition coefficient (Wildman–Crippen LogP) is 20.4. The van der Waals surface area contributed by atoms with Crippen molar-refractivity contribution < 1.29 is 32.9 Å². The maximum atomic E-state index is 13.0. The van der Waals surface area contributed by atoms with Crippen molar-refractivity contribution in [3.05, 3.63) is 85.1 Å². The van der Waals surface area contributed by atoms with E-state index in [1.165, 1.54) is 193 Å². The van der Waals surface area contributed by atoms with Crippen molar-refractivity contribution in [1.29, 1.82) is 0 Å². The molecule has 0 aliphatic heterocycles. The second kappa shape index (κ2) is 58.3. The lowest BCUT2D eigenvalue weighted by atomic mass is 10.0. The summed E-state index contributed by atoms with van der Waals surface area (Å²) in [5.74, 6) is -0.194. The molecule has 0 heterocycles. The van der Waals surface area contributed by atoms with E-state index in [1.807, 2.05) is 27.2 Å². The van der Waals surface area contributed by atoms with Gasteiger partial charge in [0.25, 0.3) is 0 Å². The maximum absolute atomic E-state index is 13.0. The fourth-order valence-electron chi connectivity index (χ4n) is 9.32. The van der Waals surface area contributed by atoms with Crippen LogP contribution in [0.4, 0.5) is 0 Å². The van der Waals surface area contributed by atoms with Crippen LogP contribution in [0.3, 0.4) is 0 Å². The summed E-state index contributed by atoms with van der Waals surface area (Å²) in [7, 11) is 1.55. The van der Waals surface area contributed by atoms with Crippen molar-refractivity contribution in [2.24, 2.45) is 0 Å². The monoisotopic (exact) mass is 1100 g/mol. The molecule has 8 nitrogen and oxygen atoms in total. The van der Waals surface area contributed by atoms with Crippen LogP contribution in [0.5, 0.6) is 0 Å². The van der Waals surface area contributed by atoms with Crippen molar-refractivity contribution in [2.75, 3.05) is 40.9 Å². The first-order valence-electron chi connectivity index (χ1n) is 32.5. The Labute approximate surface area is 477 Å². The molecule has 0 aliphatic rings. The van der Waals surface area contributed by atoms with E-state index in [1.54, 1.807) is 6.08 Å². The average molecular weight is 1100 g/mol. The molecular weight excluding hydrogens is 972 g/mol. The molecule has 1 amide bonds. The molecule has 0 saturated carbocycles. The summed E-state index contributed by atoms with van der Waals surface area (Å²) < 4.78 is 23.8. The summed E-state index contributed by atoms with van der Waals surface area (Å²) in [6.45, 7) is 4.70. The highest BCUT2D eigenvalue weighted by Gasteiger charge is 2.27. The number of hydrogen-bond donors (Lipinski definition) is 3. The Morgan fingerprint density at radius 1 is 0.455 bits per heavy atom. The van der Waals surface area contributed by atoms with Gasteiger partial charge in [-0.25, -0.2) is 4.57 Å². The molecule has 0 bridgehead atoms. The van der Waals surface area contributed by atoms with E-state index in [2.05, 4.69) is 92.1 Å². The van der Waals surface area contributed by atoms with Gasteiger partial charge in [0, 0.05) is 6.42 Å². The number of unbranched alkanes of at least 4 members (excludes halogenated alkanes) is 34. The van der Waals surface area contributed by atoms with Gasteiger partial charge >= 0.3 is 7.82 Å². The van der Waals surface area contributed by atoms with E-state index in [-0.39, 0.29) is 19.1 Å². The molecule has 3 unspecified atom stereocenters. The number of likely N-dealkylation sites (N-methyl/N-ethyl adjacent to an activating group) is 1. The normalized spacial score (nSPS) is 14.3. The number of nitrogens with zero attached hydrogens (tertiary/aromatic N) is 1. The van der Waals surface area contributed by atoms with E-state index >= 15 is 0 Å². The van der Waals surface area contributed by atoms with Crippen molar-refractivity contribution in [3.8, 4) is 0 Å². The highest BCUT2D eigenvalue weighted by Crippen LogP contribution is 2.43. The van der Waals surface area contributed by atoms with E-state index < -0.39 is 20.0 Å². The number of amides is 1. The van der Waals surface area contributed by atoms with Crippen LogP contribution in [0.15, 0.2) is 85.1 Å². The minimum Gasteiger partial charge on any atom is -0.387 e. The topological polar surface area (TPSA) is 105 Å². The molecule has 0 rings (SSSR count). The molecule has 0 aromatic rings. The molecule has 77 heavy (non-hydrogen) atoms. The number of aliphatic hydroxyl groups excluding tert-OH is 1. The Morgan fingerprint density at radius 2 is 0.792 bits per heavy atom. The molecule has 0 saturated heterocycles. The number of carbonyl (C=O) groups is 1. The molecule has 0 fully saturated rings. The smallest absolute Gasteiger partial charge is 0.387 e. The third-order valence-electron chi connectivity index (χ3n) is 14.3. The zero-order valence-corrected chi connectivity index (χ0v) is 52.1. The van der Waals surface area contributed by atoms with Crippen LogP contribution in [0.25, 0.3) is 0 Å². The summed E-state index contributed by atoms with van der Waals surface area (Å²) >= 11 is 0. The lowest BCUT2D eigenvalue weighted by Crippen LogP contribution is -2.45. The molecule has 448 valence electrons. The highest BCUT2D eigenvalue weighted by molar-refractivity contribution is 7.47. The lowest BCUT2D eigenvalue weighted by Gasteiger charge is -2.25. The predicted molar refractivity (Wildman–Crippen MR) is 336 cm³/mol. The molecule has 0 aliphatic carbocycles. The number of rotatable bonds is 59. The molecule has 0 radical (unpaired) electrons. The van der Waals surface area contributed by atoms with E-state index in [9.17, 15) is 19.4 Å². The quantitative estimate of drug-likeness (QED) is 0.0243. The minimum atomic E-state index is -4.37. The maximum Gasteiger partial charge on any atom is 0.472 e. The average Bonchev–Trinajstić information content (AvgIpc) is 3.39. The lowest BCUT2D eigenvalue weighted by molar-refractivity contribution is -0.870. The van der Waals surface area contributed by atoms with Crippen LogP contribution in [0.1, 0.15) is 290 Å². The van der Waals surface area contributed by atoms with Gasteiger partial charge in [0.15, 0.2) is 0 Å². The van der Waals surface area contributed by atoms with Gasteiger partial charge in [-0.1, -0.05) is 292 Å². The number of phosphoric acid groups is 1. The van der Waals surface area contributed by atoms with Gasteiger partial charge in [0.1, 0.15) is 13.2 Å². The Bertz CT molecular complexity index is 1530. The molecule has 9 heteroatoms. The number of nitrogens with one attached hydrogen (secondary N) is 1. The van der Waals surface area contributed by atoms with Gasteiger partial charge in [0.2, 0.25) is 5.91 Å². The Morgan fingerprint density at radius 3 is 1.19 bits per heavy atom. The summed E-state index contributed by atoms with van der Waals surface area (Å²) in [5, 5.41) is 14.0. The van der Waals surface area contributed by atoms with E-state index in [0.29, 0.717) is 17.4 Å². The summed E-state index contributed by atoms with van der Waals surface area (Å²) in [5.41, 5.74) is 0. The van der Waals surface area contributed by atoms with Gasteiger partial charge in [-0.3, -0.25) is 13.8 Å². The molecule has 0 aromatic carbocycles. The van der Waals surface area contributed by atoms with Crippen LogP contribution in [-0.2, 0) is 18.4 Å². The Kier molecular flexibility index (Phi) is 56.6. The molecule has 0 spiro atoms. The van der Waals surface area contributed by atoms with Crippen LogP contribution < -0.4 is 5.32 Å². The van der Waals surface area contributed by atoms with Crippen LogP contribution in [0, 0.1) is 0 Å². The minimum absolute atomic E-state index is 0.0513. The SMILES string of the molecule is CC/C=C\C/C=C\C/C=C\C/C=C\C/C=C\CCCCCCCCCCCC(=O)NC(COP(=O)(O)OCC[N+](C)(C)C)C(O)/C=C/CC/C=C/CCCCCCCCCCCCCCCCCCCCCCCCCC. The van der Waals surface area contributed by atoms with Crippen molar-refractivity contribution in [3.63, 3.8) is 0 Å². The van der Waals surface area contributed by atoms with Gasteiger partial charge in [-0.15, -0.1) is 0 Å². The summed E-state index contributed by atoms with van der Waals surface area (Å²) in [6, 6.07) is -0.874. The highest BCUT2D eigenvalue weighted by atomic mass is 31.2. The van der Waals surface area contributed by atoms with Crippen molar-refractivity contribution >= 4 is 13.7 Å². The van der Waals surface area contributed by atoms with Gasteiger partial charge in [-0.2, -0.15) is 0 Å². The summed E-state index contributed by atoms with van der Waals surface area (Å²) in [6.07, 6.45) is 82.9. The number of quaternary nitrogens is 1. The third kappa shape index (κ3) is 61.2. The molecule has 3 atom stereocenters. The third-order valence-corrected chi connectivity index (χ3v) is 15.3. The Hall–Kier alpha value is -2.32. The zero-order chi connectivity index (χ0) is 56.3. The first-order chi connectivity index (χ1) is 37.5. The number of hydrogen-bond acceptors (Lipinski definition) is 5. The van der Waals surface area contributed by atoms with Crippen LogP contribution in [0.2, 0.25) is 0 Å². The zero-order valence-electron chi connectivity index (χ0n) is 51.2. The van der Waals surface area contributed by atoms with E-state index in [0.717, 1.165) is 77.0 Å².